The first-order valence-electron chi connectivity index (χ1n) is 7.40. The number of aromatic nitrogens is 2. The summed E-state index contributed by atoms with van der Waals surface area (Å²) in [5, 5.41) is 13.1. The molecule has 134 valence electrons. The third kappa shape index (κ3) is 5.91. The quantitative estimate of drug-likeness (QED) is 0.430. The predicted octanol–water partition coefficient (Wildman–Crippen LogP) is 3.23. The molecule has 0 fully saturated rings. The van der Waals surface area contributed by atoms with Crippen LogP contribution < -0.4 is 15.4 Å². The maximum absolute atomic E-state index is 12.0. The lowest BCUT2D eigenvalue weighted by Crippen LogP contribution is -2.19. The van der Waals surface area contributed by atoms with Crippen LogP contribution in [0.15, 0.2) is 28.6 Å². The van der Waals surface area contributed by atoms with Crippen molar-refractivity contribution in [2.24, 2.45) is 0 Å². The third-order valence-corrected chi connectivity index (χ3v) is 4.87. The van der Waals surface area contributed by atoms with E-state index in [1.165, 1.54) is 23.1 Å². The number of hydrogen-bond acceptors (Lipinski definition) is 8. The molecule has 2 rings (SSSR count). The average Bonchev–Trinajstić information content (AvgIpc) is 3.02. The van der Waals surface area contributed by atoms with Gasteiger partial charge in [-0.2, -0.15) is 0 Å². The Balaban J connectivity index is 1.87. The lowest BCUT2D eigenvalue weighted by molar-refractivity contribution is -0.142. The molecule has 10 heteroatoms. The number of rotatable bonds is 7. The zero-order valence-corrected chi connectivity index (χ0v) is 15.6. The highest BCUT2D eigenvalue weighted by molar-refractivity contribution is 8.02. The summed E-state index contributed by atoms with van der Waals surface area (Å²) in [5.74, 6) is 0.391. The Morgan fingerprint density at radius 3 is 2.60 bits per heavy atom. The molecule has 25 heavy (non-hydrogen) atoms. The summed E-state index contributed by atoms with van der Waals surface area (Å²) >= 11 is 2.42. The van der Waals surface area contributed by atoms with Crippen LogP contribution in [-0.2, 0) is 9.53 Å². The van der Waals surface area contributed by atoms with Gasteiger partial charge in [0.25, 0.3) is 0 Å². The second kappa shape index (κ2) is 9.23. The van der Waals surface area contributed by atoms with Crippen LogP contribution in [0.1, 0.15) is 13.8 Å². The standard InChI is InChI=1S/C15H18N4O4S2/c1-4-23-12(20)9(2)24-15-19-18-14(25-15)17-13(21)16-10-5-7-11(22-3)8-6-10/h5-9H,4H2,1-3H3,(H2,16,17,18,21)/t9-/m0/s1. The highest BCUT2D eigenvalue weighted by atomic mass is 32.2. The van der Waals surface area contributed by atoms with Crippen molar-refractivity contribution in [3.8, 4) is 5.75 Å². The van der Waals surface area contributed by atoms with Crippen molar-refractivity contribution in [1.29, 1.82) is 0 Å². The van der Waals surface area contributed by atoms with Crippen LogP contribution in [0, 0.1) is 0 Å². The molecule has 2 N–H and O–H groups in total. The van der Waals surface area contributed by atoms with Crippen molar-refractivity contribution in [2.45, 2.75) is 23.4 Å². The average molecular weight is 382 g/mol. The van der Waals surface area contributed by atoms with Crippen molar-refractivity contribution in [3.63, 3.8) is 0 Å². The van der Waals surface area contributed by atoms with Gasteiger partial charge in [0.05, 0.1) is 13.7 Å². The van der Waals surface area contributed by atoms with Gasteiger partial charge in [-0.25, -0.2) is 4.79 Å². The summed E-state index contributed by atoms with van der Waals surface area (Å²) < 4.78 is 10.6. The van der Waals surface area contributed by atoms with Crippen LogP contribution in [0.5, 0.6) is 5.75 Å². The van der Waals surface area contributed by atoms with Crippen LogP contribution in [-0.4, -0.2) is 41.2 Å². The summed E-state index contributed by atoms with van der Waals surface area (Å²) in [6.45, 7) is 3.81. The fourth-order valence-electron chi connectivity index (χ4n) is 1.70. The fraction of sp³-hybridized carbons (Fsp3) is 0.333. The topological polar surface area (TPSA) is 102 Å². The zero-order valence-electron chi connectivity index (χ0n) is 13.9. The van der Waals surface area contributed by atoms with Crippen LogP contribution in [0.2, 0.25) is 0 Å². The molecule has 2 amide bonds. The lowest BCUT2D eigenvalue weighted by atomic mass is 10.3. The molecule has 0 aliphatic heterocycles. The van der Waals surface area contributed by atoms with E-state index >= 15 is 0 Å². The van der Waals surface area contributed by atoms with Gasteiger partial charge in [-0.15, -0.1) is 10.2 Å². The minimum atomic E-state index is -0.434. The molecule has 0 saturated carbocycles. The minimum absolute atomic E-state index is 0.311. The number of nitrogens with zero attached hydrogens (tertiary/aromatic N) is 2. The van der Waals surface area contributed by atoms with E-state index in [1.54, 1.807) is 45.2 Å². The van der Waals surface area contributed by atoms with Crippen LogP contribution in [0.25, 0.3) is 0 Å². The number of benzene rings is 1. The Hall–Kier alpha value is -2.33. The summed E-state index contributed by atoms with van der Waals surface area (Å²) in [5.41, 5.74) is 0.619. The van der Waals surface area contributed by atoms with Crippen molar-refractivity contribution >= 4 is 45.9 Å². The number of nitrogens with one attached hydrogen (secondary N) is 2. The molecule has 8 nitrogen and oxygen atoms in total. The fourth-order valence-corrected chi connectivity index (χ4v) is 3.59. The van der Waals surface area contributed by atoms with E-state index in [1.807, 2.05) is 0 Å². The number of carbonyl (C=O) groups is 2. The summed E-state index contributed by atoms with van der Waals surface area (Å²) in [6, 6.07) is 6.50. The van der Waals surface area contributed by atoms with Gasteiger partial charge in [0.1, 0.15) is 11.0 Å². The Morgan fingerprint density at radius 1 is 1.24 bits per heavy atom. The first-order chi connectivity index (χ1) is 12.0. The van der Waals surface area contributed by atoms with Crippen LogP contribution in [0.4, 0.5) is 15.6 Å². The zero-order chi connectivity index (χ0) is 18.2. The molecule has 2 aromatic rings. The van der Waals surface area contributed by atoms with Gasteiger partial charge in [0.15, 0.2) is 4.34 Å². The molecule has 1 aromatic carbocycles. The molecule has 1 heterocycles. The number of esters is 1. The van der Waals surface area contributed by atoms with E-state index < -0.39 is 11.3 Å². The van der Waals surface area contributed by atoms with Gasteiger partial charge in [0.2, 0.25) is 5.13 Å². The van der Waals surface area contributed by atoms with Gasteiger partial charge in [-0.05, 0) is 38.1 Å². The second-order valence-corrected chi connectivity index (χ2v) is 7.26. The molecular formula is C15H18N4O4S2. The number of hydrogen-bond donors (Lipinski definition) is 2. The molecule has 0 bridgehead atoms. The van der Waals surface area contributed by atoms with Crippen molar-refractivity contribution in [3.05, 3.63) is 24.3 Å². The largest absolute Gasteiger partial charge is 0.497 e. The molecule has 0 unspecified atom stereocenters. The Kier molecular flexibility index (Phi) is 7.02. The number of ether oxygens (including phenoxy) is 2. The normalized spacial score (nSPS) is 11.5. The van der Waals surface area contributed by atoms with Gasteiger partial charge in [-0.3, -0.25) is 10.1 Å². The molecule has 1 atom stereocenters. The van der Waals surface area contributed by atoms with E-state index in [0.717, 1.165) is 0 Å². The lowest BCUT2D eigenvalue weighted by Gasteiger charge is -2.07. The van der Waals surface area contributed by atoms with E-state index in [0.29, 0.717) is 27.5 Å². The van der Waals surface area contributed by atoms with Gasteiger partial charge in [0, 0.05) is 5.69 Å². The minimum Gasteiger partial charge on any atom is -0.497 e. The summed E-state index contributed by atoms with van der Waals surface area (Å²) in [7, 11) is 1.57. The van der Waals surface area contributed by atoms with Crippen molar-refractivity contribution in [1.82, 2.24) is 10.2 Å². The number of methoxy groups -OCH3 is 1. The predicted molar refractivity (Wildman–Crippen MR) is 97.5 cm³/mol. The molecule has 0 saturated heterocycles. The molecule has 0 spiro atoms. The summed E-state index contributed by atoms with van der Waals surface area (Å²) in [4.78, 5) is 23.6. The number of urea groups is 1. The van der Waals surface area contributed by atoms with E-state index in [-0.39, 0.29) is 5.97 Å². The number of thioether (sulfide) groups is 1. The molecule has 0 aliphatic carbocycles. The number of carbonyl (C=O) groups excluding carboxylic acids is 2. The molecule has 1 aromatic heterocycles. The SMILES string of the molecule is CCOC(=O)[C@H](C)Sc1nnc(NC(=O)Nc2ccc(OC)cc2)s1. The van der Waals surface area contributed by atoms with Crippen LogP contribution >= 0.6 is 23.1 Å². The molecule has 0 aliphatic rings. The third-order valence-electron chi connectivity index (χ3n) is 2.87. The molecular weight excluding hydrogens is 364 g/mol. The van der Waals surface area contributed by atoms with Crippen molar-refractivity contribution in [2.75, 3.05) is 24.4 Å². The van der Waals surface area contributed by atoms with Gasteiger partial charge < -0.3 is 14.8 Å². The van der Waals surface area contributed by atoms with Gasteiger partial charge >= 0.3 is 12.0 Å². The number of amides is 2. The van der Waals surface area contributed by atoms with Crippen molar-refractivity contribution < 1.29 is 19.1 Å². The van der Waals surface area contributed by atoms with E-state index in [9.17, 15) is 9.59 Å². The monoisotopic (exact) mass is 382 g/mol. The number of anilines is 2. The van der Waals surface area contributed by atoms with Gasteiger partial charge in [-0.1, -0.05) is 23.1 Å². The van der Waals surface area contributed by atoms with E-state index in [4.69, 9.17) is 9.47 Å². The first kappa shape index (κ1) is 19.0. The Morgan fingerprint density at radius 2 is 1.96 bits per heavy atom. The maximum Gasteiger partial charge on any atom is 0.325 e. The van der Waals surface area contributed by atoms with E-state index in [2.05, 4.69) is 20.8 Å². The first-order valence-corrected chi connectivity index (χ1v) is 9.10. The second-order valence-electron chi connectivity index (χ2n) is 4.69. The molecule has 0 radical (unpaired) electrons. The smallest absolute Gasteiger partial charge is 0.325 e. The Labute approximate surface area is 153 Å². The summed E-state index contributed by atoms with van der Waals surface area (Å²) in [6.07, 6.45) is 0. The maximum atomic E-state index is 12.0. The highest BCUT2D eigenvalue weighted by Gasteiger charge is 2.18. The Bertz CT molecular complexity index is 721. The van der Waals surface area contributed by atoms with Crippen LogP contribution in [0.3, 0.4) is 0 Å². The highest BCUT2D eigenvalue weighted by Crippen LogP contribution is 2.29.